The van der Waals surface area contributed by atoms with Gasteiger partial charge in [-0.25, -0.2) is 9.98 Å². The highest BCUT2D eigenvalue weighted by molar-refractivity contribution is 6.64. The number of hydrogen-bond acceptors (Lipinski definition) is 6. The summed E-state index contributed by atoms with van der Waals surface area (Å²) < 4.78 is 10.9. The van der Waals surface area contributed by atoms with Crippen LogP contribution in [0.2, 0.25) is 0 Å². The second-order valence-corrected chi connectivity index (χ2v) is 6.63. The molecule has 0 aromatic heterocycles. The maximum absolute atomic E-state index is 5.79. The van der Waals surface area contributed by atoms with E-state index >= 15 is 0 Å². The fourth-order valence-electron chi connectivity index (χ4n) is 3.09. The SMILES string of the molecule is C=N/C(=C\N=C(/C)Cl)N1CCN(C(C)c2ccc3c(c2)OCO3)CC1. The fraction of sp³-hybridized carbons (Fsp3) is 0.444. The molecule has 2 heterocycles. The Labute approximate surface area is 153 Å². The molecule has 1 fully saturated rings. The lowest BCUT2D eigenvalue weighted by Crippen LogP contribution is -2.46. The van der Waals surface area contributed by atoms with E-state index in [4.69, 9.17) is 21.1 Å². The molecule has 0 aliphatic carbocycles. The van der Waals surface area contributed by atoms with Crippen molar-refractivity contribution in [2.24, 2.45) is 9.98 Å². The topological polar surface area (TPSA) is 49.7 Å². The lowest BCUT2D eigenvalue weighted by molar-refractivity contribution is 0.122. The third-order valence-corrected chi connectivity index (χ3v) is 4.68. The summed E-state index contributed by atoms with van der Waals surface area (Å²) in [5, 5.41) is 0.483. The number of aliphatic imine (C=N–C) groups is 2. The minimum Gasteiger partial charge on any atom is -0.454 e. The first-order valence-electron chi connectivity index (χ1n) is 8.34. The molecule has 2 aliphatic heterocycles. The van der Waals surface area contributed by atoms with Crippen LogP contribution in [0.3, 0.4) is 0 Å². The highest BCUT2D eigenvalue weighted by Gasteiger charge is 2.24. The summed E-state index contributed by atoms with van der Waals surface area (Å²) in [5.74, 6) is 2.41. The van der Waals surface area contributed by atoms with Crippen molar-refractivity contribution in [2.75, 3.05) is 33.0 Å². The molecule has 0 N–H and O–H groups in total. The van der Waals surface area contributed by atoms with Gasteiger partial charge >= 0.3 is 0 Å². The summed E-state index contributed by atoms with van der Waals surface area (Å²) in [6, 6.07) is 6.48. The Kier molecular flexibility index (Phi) is 5.60. The molecule has 134 valence electrons. The molecule has 0 spiro atoms. The van der Waals surface area contributed by atoms with E-state index in [1.165, 1.54) is 5.56 Å². The van der Waals surface area contributed by atoms with E-state index in [0.29, 0.717) is 18.0 Å². The van der Waals surface area contributed by atoms with E-state index in [9.17, 15) is 0 Å². The van der Waals surface area contributed by atoms with Crippen molar-refractivity contribution in [3.05, 3.63) is 35.8 Å². The maximum atomic E-state index is 5.79. The van der Waals surface area contributed by atoms with Gasteiger partial charge in [-0.15, -0.1) is 0 Å². The van der Waals surface area contributed by atoms with Crippen LogP contribution in [0.25, 0.3) is 0 Å². The van der Waals surface area contributed by atoms with Crippen LogP contribution in [0.4, 0.5) is 0 Å². The fourth-order valence-corrected chi connectivity index (χ4v) is 3.14. The van der Waals surface area contributed by atoms with Gasteiger partial charge in [-0.05, 0) is 38.3 Å². The van der Waals surface area contributed by atoms with Crippen LogP contribution in [0, 0.1) is 0 Å². The van der Waals surface area contributed by atoms with Gasteiger partial charge in [0.25, 0.3) is 0 Å². The Bertz CT molecular complexity index is 692. The van der Waals surface area contributed by atoms with Gasteiger partial charge in [0.05, 0.1) is 6.20 Å². The van der Waals surface area contributed by atoms with Crippen molar-refractivity contribution < 1.29 is 9.47 Å². The number of rotatable bonds is 5. The number of fused-ring (bicyclic) bond motifs is 1. The molecular formula is C18H23ClN4O2. The standard InChI is InChI=1S/C18H23ClN4O2/c1-13(15-4-5-16-17(10-15)25-12-24-16)22-6-8-23(9-7-22)18(20-3)11-21-14(2)19/h4-5,10-11,13H,3,6-9,12H2,1-2H3/b18-11+,21-14+. The van der Waals surface area contributed by atoms with Crippen LogP contribution in [0.5, 0.6) is 11.5 Å². The van der Waals surface area contributed by atoms with Crippen molar-refractivity contribution in [1.82, 2.24) is 9.80 Å². The molecule has 6 nitrogen and oxygen atoms in total. The lowest BCUT2D eigenvalue weighted by atomic mass is 10.1. The molecule has 1 atom stereocenters. The molecule has 1 saturated heterocycles. The zero-order valence-corrected chi connectivity index (χ0v) is 15.4. The van der Waals surface area contributed by atoms with Gasteiger partial charge in [-0.2, -0.15) is 0 Å². The van der Waals surface area contributed by atoms with E-state index in [1.807, 2.05) is 6.07 Å². The van der Waals surface area contributed by atoms with E-state index in [2.05, 4.69) is 45.6 Å². The Hall–Kier alpha value is -2.05. The van der Waals surface area contributed by atoms with E-state index in [0.717, 1.165) is 43.5 Å². The molecule has 1 unspecified atom stereocenters. The number of nitrogens with zero attached hydrogens (tertiary/aromatic N) is 4. The number of piperazine rings is 1. The molecular weight excluding hydrogens is 340 g/mol. The first-order chi connectivity index (χ1) is 12.1. The van der Waals surface area contributed by atoms with Crippen molar-refractivity contribution in [3.63, 3.8) is 0 Å². The lowest BCUT2D eigenvalue weighted by Gasteiger charge is -2.39. The normalized spacial score (nSPS) is 19.9. The zero-order valence-electron chi connectivity index (χ0n) is 14.6. The second-order valence-electron chi connectivity index (χ2n) is 6.08. The van der Waals surface area contributed by atoms with Gasteiger partial charge < -0.3 is 14.4 Å². The average molecular weight is 363 g/mol. The van der Waals surface area contributed by atoms with Gasteiger partial charge in [0, 0.05) is 32.2 Å². The molecule has 3 rings (SSSR count). The quantitative estimate of drug-likeness (QED) is 0.754. The minimum atomic E-state index is 0.305. The largest absolute Gasteiger partial charge is 0.454 e. The molecule has 1 aromatic carbocycles. The summed E-state index contributed by atoms with van der Waals surface area (Å²) in [6.45, 7) is 11.5. The van der Waals surface area contributed by atoms with Gasteiger partial charge in [0.15, 0.2) is 11.5 Å². The second kappa shape index (κ2) is 7.89. The third-order valence-electron chi connectivity index (χ3n) is 4.58. The molecule has 0 bridgehead atoms. The number of halogens is 1. The molecule has 2 aliphatic rings. The minimum absolute atomic E-state index is 0.305. The van der Waals surface area contributed by atoms with E-state index < -0.39 is 0 Å². The van der Waals surface area contributed by atoms with Gasteiger partial charge in [-0.1, -0.05) is 17.7 Å². The third kappa shape index (κ3) is 4.14. The van der Waals surface area contributed by atoms with E-state index in [1.54, 1.807) is 13.1 Å². The van der Waals surface area contributed by atoms with Crippen molar-refractivity contribution >= 4 is 23.5 Å². The Morgan fingerprint density at radius 3 is 2.64 bits per heavy atom. The summed E-state index contributed by atoms with van der Waals surface area (Å²) >= 11 is 5.79. The first-order valence-corrected chi connectivity index (χ1v) is 8.71. The molecule has 0 amide bonds. The highest BCUT2D eigenvalue weighted by atomic mass is 35.5. The summed E-state index contributed by atoms with van der Waals surface area (Å²) in [5.41, 5.74) is 1.23. The maximum Gasteiger partial charge on any atom is 0.231 e. The Morgan fingerprint density at radius 1 is 1.24 bits per heavy atom. The molecule has 0 saturated carbocycles. The van der Waals surface area contributed by atoms with Crippen LogP contribution >= 0.6 is 11.6 Å². The monoisotopic (exact) mass is 362 g/mol. The predicted octanol–water partition coefficient (Wildman–Crippen LogP) is 3.25. The smallest absolute Gasteiger partial charge is 0.231 e. The summed E-state index contributed by atoms with van der Waals surface area (Å²) in [4.78, 5) is 12.8. The van der Waals surface area contributed by atoms with Crippen molar-refractivity contribution in [1.29, 1.82) is 0 Å². The Morgan fingerprint density at radius 2 is 1.96 bits per heavy atom. The number of benzene rings is 1. The molecule has 1 aromatic rings. The van der Waals surface area contributed by atoms with Crippen LogP contribution in [0.15, 0.2) is 40.2 Å². The van der Waals surface area contributed by atoms with Gasteiger partial charge in [-0.3, -0.25) is 4.90 Å². The van der Waals surface area contributed by atoms with Crippen LogP contribution in [-0.2, 0) is 0 Å². The van der Waals surface area contributed by atoms with Gasteiger partial charge in [0.1, 0.15) is 11.0 Å². The van der Waals surface area contributed by atoms with Crippen LogP contribution in [0.1, 0.15) is 25.5 Å². The highest BCUT2D eigenvalue weighted by Crippen LogP contribution is 2.35. The average Bonchev–Trinajstić information content (AvgIpc) is 3.09. The molecule has 7 heteroatoms. The van der Waals surface area contributed by atoms with Crippen molar-refractivity contribution in [3.8, 4) is 11.5 Å². The first kappa shape index (κ1) is 17.8. The predicted molar refractivity (Wildman–Crippen MR) is 101 cm³/mol. The van der Waals surface area contributed by atoms with Crippen LogP contribution in [-0.4, -0.2) is 54.7 Å². The van der Waals surface area contributed by atoms with Crippen molar-refractivity contribution in [2.45, 2.75) is 19.9 Å². The van der Waals surface area contributed by atoms with Gasteiger partial charge in [0.2, 0.25) is 6.79 Å². The Balaban J connectivity index is 1.62. The molecule has 25 heavy (non-hydrogen) atoms. The zero-order chi connectivity index (χ0) is 17.8. The number of hydrogen-bond donors (Lipinski definition) is 0. The summed E-state index contributed by atoms with van der Waals surface area (Å²) in [6.07, 6.45) is 1.67. The summed E-state index contributed by atoms with van der Waals surface area (Å²) in [7, 11) is 0. The van der Waals surface area contributed by atoms with Crippen LogP contribution < -0.4 is 9.47 Å². The molecule has 0 radical (unpaired) electrons. The number of ether oxygens (including phenoxy) is 2. The van der Waals surface area contributed by atoms with E-state index in [-0.39, 0.29) is 0 Å².